The van der Waals surface area contributed by atoms with Crippen LogP contribution in [0.15, 0.2) is 66.9 Å². The predicted octanol–water partition coefficient (Wildman–Crippen LogP) is 3.62. The number of aromatic nitrogens is 1. The van der Waals surface area contributed by atoms with Gasteiger partial charge in [-0.25, -0.2) is 0 Å². The van der Waals surface area contributed by atoms with E-state index in [0.717, 1.165) is 0 Å². The quantitative estimate of drug-likeness (QED) is 0.485. The molecule has 0 amide bonds. The Labute approximate surface area is 148 Å². The fourth-order valence-corrected chi connectivity index (χ4v) is 8.27. The van der Waals surface area contributed by atoms with Crippen LogP contribution in [0.1, 0.15) is 11.1 Å². The molecule has 0 aliphatic heterocycles. The predicted molar refractivity (Wildman–Crippen MR) is 106 cm³/mol. The van der Waals surface area contributed by atoms with E-state index in [1.807, 2.05) is 0 Å². The zero-order chi connectivity index (χ0) is 17.3. The Kier molecular flexibility index (Phi) is 4.64. The summed E-state index contributed by atoms with van der Waals surface area (Å²) in [6.07, 6.45) is 2.22. The van der Waals surface area contributed by atoms with E-state index < -0.39 is 13.3 Å². The summed E-state index contributed by atoms with van der Waals surface area (Å²) in [6.45, 7) is 4.36. The van der Waals surface area contributed by atoms with Crippen molar-refractivity contribution in [2.75, 3.05) is 0 Å². The topological polar surface area (TPSA) is 3.88 Å². The summed E-state index contributed by atoms with van der Waals surface area (Å²) in [5, 5.41) is 0. The molecule has 3 rings (SSSR count). The van der Waals surface area contributed by atoms with Gasteiger partial charge in [0.25, 0.3) is 0 Å². The van der Waals surface area contributed by atoms with Gasteiger partial charge in [0.15, 0.2) is 0 Å². The van der Waals surface area contributed by atoms with Gasteiger partial charge in [0.2, 0.25) is 0 Å². The van der Waals surface area contributed by atoms with E-state index in [0.29, 0.717) is 0 Å². The van der Waals surface area contributed by atoms with E-state index in [1.54, 1.807) is 0 Å². The number of nitrogens with zero attached hydrogens (tertiary/aromatic N) is 1. The standard InChI is InChI=1S/C22H26GeN/c1-17-11-12-21(18(2)15-17)22-16-20(13-14-24(22)5)23(3,4)19-9-7-6-8-10-19/h6-16H,1-5H3/q+1. The summed E-state index contributed by atoms with van der Waals surface area (Å²) in [5.41, 5.74) is 5.29. The zero-order valence-corrected chi connectivity index (χ0v) is 17.4. The van der Waals surface area contributed by atoms with Crippen molar-refractivity contribution in [2.45, 2.75) is 25.4 Å². The molecular formula is C22H26GeN+. The van der Waals surface area contributed by atoms with Crippen molar-refractivity contribution in [3.8, 4) is 11.3 Å². The van der Waals surface area contributed by atoms with E-state index in [9.17, 15) is 0 Å². The number of benzene rings is 2. The summed E-state index contributed by atoms with van der Waals surface area (Å²) < 4.78 is 5.29. The molecule has 0 fully saturated rings. The van der Waals surface area contributed by atoms with Gasteiger partial charge in [-0.05, 0) is 0 Å². The molecule has 0 radical (unpaired) electrons. The molecule has 0 saturated carbocycles. The van der Waals surface area contributed by atoms with Crippen LogP contribution in [0.5, 0.6) is 0 Å². The van der Waals surface area contributed by atoms with Crippen LogP contribution in [0.2, 0.25) is 11.5 Å². The number of hydrogen-bond acceptors (Lipinski definition) is 0. The van der Waals surface area contributed by atoms with Crippen LogP contribution in [0.4, 0.5) is 0 Å². The third-order valence-corrected chi connectivity index (χ3v) is 12.4. The first kappa shape index (κ1) is 17.0. The van der Waals surface area contributed by atoms with Crippen molar-refractivity contribution in [2.24, 2.45) is 7.05 Å². The van der Waals surface area contributed by atoms with Crippen molar-refractivity contribution < 1.29 is 4.57 Å². The van der Waals surface area contributed by atoms with Gasteiger partial charge in [-0.3, -0.25) is 0 Å². The van der Waals surface area contributed by atoms with Gasteiger partial charge in [0.05, 0.1) is 0 Å². The molecule has 2 aromatic carbocycles. The minimum atomic E-state index is -2.27. The Morgan fingerprint density at radius 3 is 2.17 bits per heavy atom. The molecule has 0 aliphatic carbocycles. The first-order chi connectivity index (χ1) is 11.4. The summed E-state index contributed by atoms with van der Waals surface area (Å²) in [4.78, 5) is 0. The van der Waals surface area contributed by atoms with Gasteiger partial charge >= 0.3 is 148 Å². The van der Waals surface area contributed by atoms with E-state index >= 15 is 0 Å². The second-order valence-electron chi connectivity index (χ2n) is 7.22. The van der Waals surface area contributed by atoms with Crippen LogP contribution in [-0.4, -0.2) is 13.3 Å². The van der Waals surface area contributed by atoms with Crippen LogP contribution in [-0.2, 0) is 7.05 Å². The average Bonchev–Trinajstić information content (AvgIpc) is 2.56. The van der Waals surface area contributed by atoms with Crippen LogP contribution in [0.3, 0.4) is 0 Å². The molecule has 0 unspecified atom stereocenters. The third-order valence-electron chi connectivity index (χ3n) is 5.02. The molecular weight excluding hydrogens is 351 g/mol. The van der Waals surface area contributed by atoms with Crippen LogP contribution >= 0.6 is 0 Å². The molecule has 0 N–H and O–H groups in total. The minimum absolute atomic E-state index is 1.31. The van der Waals surface area contributed by atoms with Gasteiger partial charge in [0, 0.05) is 0 Å². The molecule has 3 aromatic rings. The SMILES string of the molecule is Cc1ccc(-c2c[c]([Ge]([CH3])([CH3])[c]3ccccc3)cc[n+]2C)c(C)c1. The van der Waals surface area contributed by atoms with E-state index in [1.165, 1.54) is 31.2 Å². The molecule has 0 saturated heterocycles. The van der Waals surface area contributed by atoms with Gasteiger partial charge in [0.1, 0.15) is 0 Å². The van der Waals surface area contributed by atoms with Crippen molar-refractivity contribution in [3.63, 3.8) is 0 Å². The van der Waals surface area contributed by atoms with Crippen LogP contribution in [0, 0.1) is 13.8 Å². The first-order valence-electron chi connectivity index (χ1n) is 8.53. The molecule has 1 nitrogen and oxygen atoms in total. The third kappa shape index (κ3) is 3.18. The van der Waals surface area contributed by atoms with Gasteiger partial charge in [-0.1, -0.05) is 0 Å². The summed E-state index contributed by atoms with van der Waals surface area (Å²) in [5.74, 6) is 4.97. The maximum absolute atomic E-state index is 2.48. The van der Waals surface area contributed by atoms with Gasteiger partial charge < -0.3 is 0 Å². The van der Waals surface area contributed by atoms with Crippen molar-refractivity contribution >= 4 is 22.1 Å². The van der Waals surface area contributed by atoms with Crippen molar-refractivity contribution in [3.05, 3.63) is 78.0 Å². The van der Waals surface area contributed by atoms with Crippen molar-refractivity contribution in [1.29, 1.82) is 0 Å². The fraction of sp³-hybridized carbons (Fsp3) is 0.227. The van der Waals surface area contributed by atoms with Crippen molar-refractivity contribution in [1.82, 2.24) is 0 Å². The summed E-state index contributed by atoms with van der Waals surface area (Å²) >= 11 is -2.27. The van der Waals surface area contributed by atoms with Crippen LogP contribution < -0.4 is 13.4 Å². The van der Waals surface area contributed by atoms with E-state index in [2.05, 4.69) is 104 Å². The molecule has 2 heteroatoms. The molecule has 1 aromatic heterocycles. The summed E-state index contributed by atoms with van der Waals surface area (Å²) in [6, 6.07) is 22.5. The number of hydrogen-bond donors (Lipinski definition) is 0. The second kappa shape index (κ2) is 6.56. The van der Waals surface area contributed by atoms with Gasteiger partial charge in [-0.15, -0.1) is 0 Å². The zero-order valence-electron chi connectivity index (χ0n) is 15.3. The van der Waals surface area contributed by atoms with Gasteiger partial charge in [-0.2, -0.15) is 0 Å². The normalized spacial score (nSPS) is 11.5. The molecule has 0 aliphatic rings. The Morgan fingerprint density at radius 1 is 0.792 bits per heavy atom. The number of aryl methyl sites for hydroxylation is 3. The molecule has 122 valence electrons. The second-order valence-corrected chi connectivity index (χ2v) is 16.5. The molecule has 0 atom stereocenters. The van der Waals surface area contributed by atoms with E-state index in [4.69, 9.17) is 0 Å². The maximum atomic E-state index is 2.48. The fourth-order valence-electron chi connectivity index (χ4n) is 3.35. The molecule has 0 spiro atoms. The first-order valence-corrected chi connectivity index (χ1v) is 14.8. The Hall–Kier alpha value is -1.87. The summed E-state index contributed by atoms with van der Waals surface area (Å²) in [7, 11) is 2.14. The Morgan fingerprint density at radius 2 is 1.50 bits per heavy atom. The molecule has 1 heterocycles. The number of pyridine rings is 1. The monoisotopic (exact) mass is 378 g/mol. The van der Waals surface area contributed by atoms with Crippen LogP contribution in [0.25, 0.3) is 11.3 Å². The Balaban J connectivity index is 2.13. The molecule has 24 heavy (non-hydrogen) atoms. The average molecular weight is 377 g/mol. The Bertz CT molecular complexity index is 866. The number of rotatable bonds is 3. The molecule has 0 bridgehead atoms. The van der Waals surface area contributed by atoms with E-state index in [-0.39, 0.29) is 0 Å².